The zero-order valence-electron chi connectivity index (χ0n) is 16.6. The molecule has 4 heterocycles. The number of hydrogen-bond donors (Lipinski definition) is 2. The third kappa shape index (κ3) is 3.36. The average molecular weight is 404 g/mol. The van der Waals surface area contributed by atoms with Crippen molar-refractivity contribution in [1.82, 2.24) is 29.9 Å². The minimum Gasteiger partial charge on any atom is -0.367 e. The van der Waals surface area contributed by atoms with E-state index in [9.17, 15) is 9.59 Å². The van der Waals surface area contributed by atoms with E-state index in [4.69, 9.17) is 4.98 Å². The van der Waals surface area contributed by atoms with E-state index in [1.807, 2.05) is 24.9 Å². The number of amides is 2. The molecule has 1 saturated carbocycles. The van der Waals surface area contributed by atoms with Crippen LogP contribution in [0.15, 0.2) is 30.2 Å². The number of carbonyl (C=O) groups is 2. The molecule has 2 fully saturated rings. The summed E-state index contributed by atoms with van der Waals surface area (Å²) < 4.78 is 1.72. The summed E-state index contributed by atoms with van der Waals surface area (Å²) in [6.07, 6.45) is 9.01. The number of nitrogens with one attached hydrogen (secondary N) is 2. The van der Waals surface area contributed by atoms with Gasteiger partial charge in [0.2, 0.25) is 5.91 Å². The monoisotopic (exact) mass is 404 g/mol. The van der Waals surface area contributed by atoms with Gasteiger partial charge in [-0.05, 0) is 25.8 Å². The Labute approximate surface area is 172 Å². The Hall–Kier alpha value is -3.82. The molecule has 5 rings (SSSR count). The Bertz CT molecular complexity index is 1190. The van der Waals surface area contributed by atoms with Gasteiger partial charge in [0.15, 0.2) is 11.5 Å². The number of imide groups is 1. The summed E-state index contributed by atoms with van der Waals surface area (Å²) in [5, 5.41) is 10.2. The summed E-state index contributed by atoms with van der Waals surface area (Å²) in [5.41, 5.74) is 2.48. The highest BCUT2D eigenvalue weighted by molar-refractivity contribution is 6.15. The normalized spacial score (nSPS) is 17.6. The Kier molecular flexibility index (Phi) is 4.19. The topological polar surface area (TPSA) is 117 Å². The molecule has 1 aliphatic carbocycles. The number of hydrogen-bond acceptors (Lipinski definition) is 8. The van der Waals surface area contributed by atoms with Gasteiger partial charge in [0.25, 0.3) is 5.91 Å². The molecule has 0 radical (unpaired) electrons. The van der Waals surface area contributed by atoms with E-state index in [2.05, 4.69) is 25.7 Å². The van der Waals surface area contributed by atoms with E-state index in [1.54, 1.807) is 29.2 Å². The zero-order chi connectivity index (χ0) is 20.8. The van der Waals surface area contributed by atoms with Crippen LogP contribution in [0, 0.1) is 6.92 Å². The van der Waals surface area contributed by atoms with Crippen molar-refractivity contribution in [2.24, 2.45) is 0 Å². The van der Waals surface area contributed by atoms with Crippen LogP contribution in [0.4, 0.5) is 17.5 Å². The van der Waals surface area contributed by atoms with Gasteiger partial charge in [0, 0.05) is 30.3 Å². The van der Waals surface area contributed by atoms with Gasteiger partial charge < -0.3 is 10.2 Å². The van der Waals surface area contributed by atoms with E-state index in [1.165, 1.54) is 0 Å². The quantitative estimate of drug-likeness (QED) is 0.486. The molecule has 2 aliphatic rings. The number of fused-ring (bicyclic) bond motifs is 1. The molecule has 0 atom stereocenters. The lowest BCUT2D eigenvalue weighted by Gasteiger charge is -2.19. The first-order valence-corrected chi connectivity index (χ1v) is 9.70. The van der Waals surface area contributed by atoms with E-state index >= 15 is 0 Å². The molecule has 30 heavy (non-hydrogen) atoms. The van der Waals surface area contributed by atoms with E-state index < -0.39 is 0 Å². The first-order valence-electron chi connectivity index (χ1n) is 9.70. The molecule has 3 aromatic rings. The minimum atomic E-state index is -0.376. The van der Waals surface area contributed by atoms with Crippen molar-refractivity contribution < 1.29 is 9.59 Å². The maximum Gasteiger partial charge on any atom is 0.254 e. The Morgan fingerprint density at radius 1 is 1.20 bits per heavy atom. The molecule has 0 bridgehead atoms. The number of carbonyl (C=O) groups excluding carboxylic acids is 2. The summed E-state index contributed by atoms with van der Waals surface area (Å²) in [4.78, 5) is 38.8. The fraction of sp³-hybridized carbons (Fsp3) is 0.300. The lowest BCUT2D eigenvalue weighted by atomic mass is 10.1. The molecule has 2 amide bonds. The van der Waals surface area contributed by atoms with Gasteiger partial charge >= 0.3 is 0 Å². The number of nitrogens with zero attached hydrogens (tertiary/aromatic N) is 6. The average Bonchev–Trinajstić information content (AvgIpc) is 3.36. The van der Waals surface area contributed by atoms with E-state index in [0.29, 0.717) is 34.5 Å². The second kappa shape index (κ2) is 6.90. The van der Waals surface area contributed by atoms with E-state index in [0.717, 1.165) is 24.4 Å². The summed E-state index contributed by atoms with van der Waals surface area (Å²) in [5.74, 6) is 1.45. The molecular formula is C20H20N8O2. The molecule has 152 valence electrons. The summed E-state index contributed by atoms with van der Waals surface area (Å²) in [6.45, 7) is 1.88. The predicted molar refractivity (Wildman–Crippen MR) is 110 cm³/mol. The molecule has 2 N–H and O–H groups in total. The molecule has 0 spiro atoms. The van der Waals surface area contributed by atoms with Crippen LogP contribution < -0.4 is 15.5 Å². The highest BCUT2D eigenvalue weighted by Gasteiger charge is 2.26. The number of anilines is 3. The summed E-state index contributed by atoms with van der Waals surface area (Å²) in [7, 11) is 1.87. The molecule has 3 aromatic heterocycles. The van der Waals surface area contributed by atoms with Gasteiger partial charge in [0.05, 0.1) is 30.7 Å². The van der Waals surface area contributed by atoms with Crippen LogP contribution in [-0.2, 0) is 9.59 Å². The standard InChI is InChI=1S/C20H20N8O2/c1-11-8-22-17(10-21-11)27(2)15-7-16(24-14-3-4-14)28-19(25-15)13(9-23-28)5-12-6-18(29)26-20(12)30/h5,7-10,14,24H,3-4,6H2,1-2H3,(H,26,29,30). The molecule has 0 aromatic carbocycles. The summed E-state index contributed by atoms with van der Waals surface area (Å²) >= 11 is 0. The van der Waals surface area contributed by atoms with Gasteiger partial charge in [-0.1, -0.05) is 0 Å². The molecular weight excluding hydrogens is 384 g/mol. The van der Waals surface area contributed by atoms with Crippen LogP contribution in [0.2, 0.25) is 0 Å². The maximum atomic E-state index is 12.0. The van der Waals surface area contributed by atoms with Gasteiger partial charge in [0.1, 0.15) is 11.6 Å². The Morgan fingerprint density at radius 3 is 2.70 bits per heavy atom. The van der Waals surface area contributed by atoms with Crippen LogP contribution in [0.1, 0.15) is 30.5 Å². The molecule has 1 aliphatic heterocycles. The van der Waals surface area contributed by atoms with Gasteiger partial charge in [-0.25, -0.2) is 9.97 Å². The lowest BCUT2D eigenvalue weighted by molar-refractivity contribution is -0.124. The Balaban J connectivity index is 1.60. The minimum absolute atomic E-state index is 0.0574. The van der Waals surface area contributed by atoms with Crippen LogP contribution in [-0.4, -0.2) is 49.5 Å². The fourth-order valence-electron chi connectivity index (χ4n) is 3.27. The fourth-order valence-corrected chi connectivity index (χ4v) is 3.27. The number of rotatable bonds is 5. The van der Waals surface area contributed by atoms with Gasteiger partial charge in [-0.2, -0.15) is 9.61 Å². The van der Waals surface area contributed by atoms with Gasteiger partial charge in [-0.15, -0.1) is 0 Å². The van der Waals surface area contributed by atoms with Crippen molar-refractivity contribution in [2.75, 3.05) is 17.3 Å². The van der Waals surface area contributed by atoms with Gasteiger partial charge in [-0.3, -0.25) is 19.9 Å². The highest BCUT2D eigenvalue weighted by atomic mass is 16.2. The predicted octanol–water partition coefficient (Wildman–Crippen LogP) is 1.60. The molecule has 10 heteroatoms. The SMILES string of the molecule is Cc1cnc(N(C)c2cc(NC3CC3)n3ncc(C=C4CC(=O)NC4=O)c3n2)cn1. The molecule has 1 saturated heterocycles. The second-order valence-corrected chi connectivity index (χ2v) is 7.55. The van der Waals surface area contributed by atoms with Crippen LogP contribution >= 0.6 is 0 Å². The Morgan fingerprint density at radius 2 is 2.03 bits per heavy atom. The zero-order valence-corrected chi connectivity index (χ0v) is 16.6. The smallest absolute Gasteiger partial charge is 0.254 e. The van der Waals surface area contributed by atoms with Crippen molar-refractivity contribution in [3.63, 3.8) is 0 Å². The second-order valence-electron chi connectivity index (χ2n) is 7.55. The first kappa shape index (κ1) is 18.2. The van der Waals surface area contributed by atoms with E-state index in [-0.39, 0.29) is 18.2 Å². The maximum absolute atomic E-state index is 12.0. The van der Waals surface area contributed by atoms with Crippen LogP contribution in [0.3, 0.4) is 0 Å². The van der Waals surface area contributed by atoms with Crippen LogP contribution in [0.5, 0.6) is 0 Å². The first-order chi connectivity index (χ1) is 14.5. The third-order valence-corrected chi connectivity index (χ3v) is 5.09. The highest BCUT2D eigenvalue weighted by Crippen LogP contribution is 2.30. The van der Waals surface area contributed by atoms with Crippen molar-refractivity contribution in [1.29, 1.82) is 0 Å². The third-order valence-electron chi connectivity index (χ3n) is 5.09. The van der Waals surface area contributed by atoms with Crippen molar-refractivity contribution in [3.8, 4) is 0 Å². The lowest BCUT2D eigenvalue weighted by Crippen LogP contribution is -2.19. The molecule has 10 nitrogen and oxygen atoms in total. The van der Waals surface area contributed by atoms with Crippen molar-refractivity contribution in [2.45, 2.75) is 32.2 Å². The largest absolute Gasteiger partial charge is 0.367 e. The van der Waals surface area contributed by atoms with Crippen molar-refractivity contribution >= 4 is 41.0 Å². The summed E-state index contributed by atoms with van der Waals surface area (Å²) in [6, 6.07) is 2.33. The molecule has 0 unspecified atom stereocenters. The van der Waals surface area contributed by atoms with Crippen LogP contribution in [0.25, 0.3) is 11.7 Å². The number of aryl methyl sites for hydroxylation is 1. The van der Waals surface area contributed by atoms with Crippen molar-refractivity contribution in [3.05, 3.63) is 41.5 Å². The number of aromatic nitrogens is 5.